The smallest absolute Gasteiger partial charge is 0.246 e. The second-order valence-electron chi connectivity index (χ2n) is 18.0. The Bertz CT molecular complexity index is 3640. The van der Waals surface area contributed by atoms with Crippen molar-refractivity contribution < 1.29 is 0 Å². The van der Waals surface area contributed by atoms with Gasteiger partial charge >= 0.3 is 0 Å². The number of aromatic nitrogens is 1. The molecule has 0 saturated carbocycles. The Morgan fingerprint density at radius 3 is 1.35 bits per heavy atom. The summed E-state index contributed by atoms with van der Waals surface area (Å²) >= 11 is 0. The molecule has 1 spiro atoms. The van der Waals surface area contributed by atoms with Crippen molar-refractivity contribution in [2.24, 2.45) is 0 Å². The highest BCUT2D eigenvalue weighted by atomic mass is 28.3. The Morgan fingerprint density at radius 1 is 0.333 bits per heavy atom. The second kappa shape index (κ2) is 14.5. The van der Waals surface area contributed by atoms with Crippen molar-refractivity contribution >= 4 is 114 Å². The highest BCUT2D eigenvalue weighted by Gasteiger charge is 2.56. The number of hydrogen-bond donors (Lipinski definition) is 0. The van der Waals surface area contributed by atoms with E-state index in [1.165, 1.54) is 114 Å². The normalized spacial score (nSPS) is 13.8. The number of para-hydroxylation sites is 2. The largest absolute Gasteiger partial charge is 0.312 e. The third-order valence-electron chi connectivity index (χ3n) is 15.0. The van der Waals surface area contributed by atoms with Crippen molar-refractivity contribution in [1.82, 2.24) is 4.98 Å². The zero-order valence-corrected chi connectivity index (χ0v) is 37.1. The van der Waals surface area contributed by atoms with Crippen LogP contribution in [0, 0.1) is 0 Å². The van der Waals surface area contributed by atoms with Crippen LogP contribution in [0.25, 0.3) is 43.8 Å². The van der Waals surface area contributed by atoms with Crippen molar-refractivity contribution in [1.29, 1.82) is 0 Å². The third kappa shape index (κ3) is 5.12. The van der Waals surface area contributed by atoms with E-state index in [0.29, 0.717) is 0 Å². The first-order valence-corrected chi connectivity index (χ1v) is 25.1. The topological polar surface area (TPSA) is 16.1 Å². The van der Waals surface area contributed by atoms with E-state index in [1.807, 2.05) is 12.4 Å². The van der Waals surface area contributed by atoms with Gasteiger partial charge < -0.3 is 4.90 Å². The predicted octanol–water partition coefficient (Wildman–Crippen LogP) is 7.54. The van der Waals surface area contributed by atoms with E-state index in [1.54, 1.807) is 0 Å². The minimum Gasteiger partial charge on any atom is -0.312 e. The van der Waals surface area contributed by atoms with E-state index < -0.39 is 8.07 Å². The molecule has 14 rings (SSSR count). The number of rotatable bonds is 4. The lowest BCUT2D eigenvalue weighted by atomic mass is 9.34. The summed E-state index contributed by atoms with van der Waals surface area (Å²) in [6.45, 7) is 0.190. The van der Waals surface area contributed by atoms with Gasteiger partial charge in [0.05, 0.1) is 0 Å². The second-order valence-corrected chi connectivity index (χ2v) is 21.7. The third-order valence-corrected chi connectivity index (χ3v) is 20.0. The van der Waals surface area contributed by atoms with Gasteiger partial charge in [0.2, 0.25) is 13.4 Å². The molecule has 0 amide bonds. The number of nitrogens with zero attached hydrogens (tertiary/aromatic N) is 2. The molecule has 0 atom stereocenters. The van der Waals surface area contributed by atoms with E-state index in [4.69, 9.17) is 0 Å². The highest BCUT2D eigenvalue weighted by molar-refractivity contribution is 7.31. The van der Waals surface area contributed by atoms with Crippen LogP contribution >= 0.6 is 0 Å². The molecule has 0 saturated heterocycles. The first-order chi connectivity index (χ1) is 32.8. The molecule has 1 aromatic heterocycles. The average molecular weight is 851 g/mol. The van der Waals surface area contributed by atoms with Crippen molar-refractivity contribution in [3.63, 3.8) is 0 Å². The minimum absolute atomic E-state index is 0.0677. The molecule has 0 aliphatic carbocycles. The van der Waals surface area contributed by atoms with Crippen LogP contribution in [0.5, 0.6) is 0 Å². The summed E-state index contributed by atoms with van der Waals surface area (Å²) in [7, 11) is -2.92. The molecule has 5 heteroatoms. The highest BCUT2D eigenvalue weighted by Crippen LogP contribution is 2.43. The molecule has 2 nitrogen and oxygen atoms in total. The van der Waals surface area contributed by atoms with Crippen LogP contribution in [-0.2, 0) is 0 Å². The maximum atomic E-state index is 4.35. The number of pyridine rings is 1. The molecule has 66 heavy (non-hydrogen) atoms. The summed E-state index contributed by atoms with van der Waals surface area (Å²) in [5.41, 5.74) is 17.0. The Morgan fingerprint density at radius 2 is 0.773 bits per heavy atom. The van der Waals surface area contributed by atoms with Crippen LogP contribution in [0.3, 0.4) is 0 Å². The summed E-state index contributed by atoms with van der Waals surface area (Å²) in [5, 5.41) is 11.0. The number of benzene rings is 10. The predicted molar refractivity (Wildman–Crippen MR) is 284 cm³/mol. The zero-order valence-electron chi connectivity index (χ0n) is 36.1. The lowest BCUT2D eigenvalue weighted by Gasteiger charge is -2.50. The monoisotopic (exact) mass is 850 g/mol. The Balaban J connectivity index is 0.985. The molecule has 3 aliphatic heterocycles. The van der Waals surface area contributed by atoms with Gasteiger partial charge in [-0.15, -0.1) is 0 Å². The molecule has 3 aliphatic rings. The van der Waals surface area contributed by atoms with Crippen LogP contribution in [-0.4, -0.2) is 26.5 Å². The first kappa shape index (κ1) is 37.4. The van der Waals surface area contributed by atoms with Gasteiger partial charge in [-0.1, -0.05) is 216 Å². The summed E-state index contributed by atoms with van der Waals surface area (Å²) in [6.07, 6.45) is 3.79. The molecule has 304 valence electrons. The average Bonchev–Trinajstić information content (AvgIpc) is 3.39. The van der Waals surface area contributed by atoms with Crippen molar-refractivity contribution in [3.8, 4) is 22.3 Å². The standard InChI is InChI=1S/C61H40B2N2Si/c1-2-17-44(18-3-1)65-53-27-12-8-23-49(53)63-52-26-11-15-31-57(52)66(58-32-16-28-54(65)61(58)63)55-29-13-9-24-50(55)62(51-25-10-14-30-56(51)66)43-35-33-41(34-36-43)59-45-19-4-6-21-47(45)60(42-37-39-64-40-38-42)48-22-7-5-20-46(48)59/h1-40H. The molecule has 10 aromatic carbocycles. The van der Waals surface area contributed by atoms with Crippen molar-refractivity contribution in [2.45, 2.75) is 0 Å². The number of hydrogen-bond acceptors (Lipinski definition) is 2. The van der Waals surface area contributed by atoms with Crippen molar-refractivity contribution in [2.75, 3.05) is 4.90 Å². The van der Waals surface area contributed by atoms with Gasteiger partial charge in [-0.3, -0.25) is 4.98 Å². The quantitative estimate of drug-likeness (QED) is 0.135. The fourth-order valence-electron chi connectivity index (χ4n) is 12.6. The molecular formula is C61H40B2N2Si. The first-order valence-electron chi connectivity index (χ1n) is 23.1. The van der Waals surface area contributed by atoms with Gasteiger partial charge in [-0.2, -0.15) is 0 Å². The lowest BCUT2D eigenvalue weighted by Crippen LogP contribution is -2.93. The molecule has 0 N–H and O–H groups in total. The van der Waals surface area contributed by atoms with Crippen molar-refractivity contribution in [3.05, 3.63) is 243 Å². The van der Waals surface area contributed by atoms with E-state index in [9.17, 15) is 0 Å². The van der Waals surface area contributed by atoms with Crippen LogP contribution in [0.1, 0.15) is 0 Å². The van der Waals surface area contributed by atoms with E-state index >= 15 is 0 Å². The molecule has 0 unspecified atom stereocenters. The van der Waals surface area contributed by atoms with Gasteiger partial charge in [0, 0.05) is 29.5 Å². The van der Waals surface area contributed by atoms with E-state index in [2.05, 4.69) is 240 Å². The van der Waals surface area contributed by atoms with Crippen LogP contribution in [0.4, 0.5) is 17.1 Å². The maximum absolute atomic E-state index is 4.35. The molecule has 0 fully saturated rings. The van der Waals surface area contributed by atoms with Crippen LogP contribution in [0.2, 0.25) is 0 Å². The van der Waals surface area contributed by atoms with Gasteiger partial charge in [0.15, 0.2) is 8.07 Å². The molecule has 4 heterocycles. The maximum Gasteiger partial charge on any atom is 0.246 e. The zero-order chi connectivity index (χ0) is 43.3. The van der Waals surface area contributed by atoms with Gasteiger partial charge in [0.1, 0.15) is 0 Å². The fraction of sp³-hybridized carbons (Fsp3) is 0. The van der Waals surface area contributed by atoms with Crippen LogP contribution in [0.15, 0.2) is 243 Å². The molecular weight excluding hydrogens is 810 g/mol. The molecule has 0 radical (unpaired) electrons. The Labute approximate surface area is 386 Å². The van der Waals surface area contributed by atoms with Gasteiger partial charge in [-0.25, -0.2) is 0 Å². The lowest BCUT2D eigenvalue weighted by molar-refractivity contribution is 1.29. The summed E-state index contributed by atoms with van der Waals surface area (Å²) < 4.78 is 0. The molecule has 11 aromatic rings. The van der Waals surface area contributed by atoms with Gasteiger partial charge in [-0.05, 0) is 112 Å². The Hall–Kier alpha value is -7.98. The summed E-state index contributed by atoms with van der Waals surface area (Å²) in [6, 6.07) is 87.4. The number of anilines is 3. The van der Waals surface area contributed by atoms with Crippen LogP contribution < -0.4 is 58.4 Å². The van der Waals surface area contributed by atoms with E-state index in [0.717, 1.165) is 0 Å². The SMILES string of the molecule is c1ccc(N2c3ccccc3B3c4ccccc4[Si]4(c5ccccc5B(c5ccc(-c6c7ccccc7c(-c7ccncc7)c7ccccc67)cc5)c5ccccc54)c4cccc2c43)cc1. The summed E-state index contributed by atoms with van der Waals surface area (Å²) in [4.78, 5) is 6.87. The van der Waals surface area contributed by atoms with E-state index in [-0.39, 0.29) is 13.4 Å². The summed E-state index contributed by atoms with van der Waals surface area (Å²) in [5.74, 6) is 0. The van der Waals surface area contributed by atoms with Gasteiger partial charge in [0.25, 0.3) is 0 Å². The molecule has 0 bridgehead atoms. The Kier molecular flexibility index (Phi) is 8.23. The fourth-order valence-corrected chi connectivity index (χ4v) is 18.3. The number of fused-ring (bicyclic) bond motifs is 12. The minimum atomic E-state index is -2.92.